The molecular weight excluding hydrogens is 336 g/mol. The number of carbonyl (C=O) groups is 1. The summed E-state index contributed by atoms with van der Waals surface area (Å²) in [4.78, 5) is 14.7. The van der Waals surface area contributed by atoms with Crippen LogP contribution in [-0.4, -0.2) is 30.6 Å². The Morgan fingerprint density at radius 1 is 1.04 bits per heavy atom. The van der Waals surface area contributed by atoms with E-state index in [4.69, 9.17) is 4.74 Å². The first-order chi connectivity index (χ1) is 13.1. The first-order valence-corrected chi connectivity index (χ1v) is 9.30. The predicted molar refractivity (Wildman–Crippen MR) is 112 cm³/mol. The van der Waals surface area contributed by atoms with Crippen molar-refractivity contribution < 1.29 is 9.53 Å². The maximum absolute atomic E-state index is 12.8. The van der Waals surface area contributed by atoms with Gasteiger partial charge in [0.15, 0.2) is 0 Å². The van der Waals surface area contributed by atoms with Gasteiger partial charge in [-0.25, -0.2) is 4.79 Å². The highest BCUT2D eigenvalue weighted by atomic mass is 16.5. The lowest BCUT2D eigenvalue weighted by molar-refractivity contribution is 0.196. The van der Waals surface area contributed by atoms with Gasteiger partial charge in [0.05, 0.1) is 7.11 Å². The van der Waals surface area contributed by atoms with E-state index in [9.17, 15) is 4.79 Å². The van der Waals surface area contributed by atoms with Gasteiger partial charge in [-0.2, -0.15) is 0 Å². The van der Waals surface area contributed by atoms with Crippen LogP contribution >= 0.6 is 0 Å². The number of rotatable bonds is 6. The molecule has 0 fully saturated rings. The second-order valence-electron chi connectivity index (χ2n) is 6.68. The molecule has 2 amide bonds. The number of nitrogens with one attached hydrogen (secondary N) is 1. The van der Waals surface area contributed by atoms with Gasteiger partial charge in [0.25, 0.3) is 0 Å². The summed E-state index contributed by atoms with van der Waals surface area (Å²) in [5.74, 6) is 0.841. The molecule has 0 aliphatic carbocycles. The summed E-state index contributed by atoms with van der Waals surface area (Å²) in [5, 5.41) is 5.32. The van der Waals surface area contributed by atoms with Gasteiger partial charge >= 0.3 is 6.03 Å². The molecule has 0 radical (unpaired) electrons. The Labute approximate surface area is 160 Å². The van der Waals surface area contributed by atoms with Crippen molar-refractivity contribution in [3.05, 3.63) is 72.3 Å². The van der Waals surface area contributed by atoms with Gasteiger partial charge in [0.1, 0.15) is 5.75 Å². The van der Waals surface area contributed by atoms with Crippen molar-refractivity contribution in [3.8, 4) is 5.75 Å². The summed E-state index contributed by atoms with van der Waals surface area (Å²) < 4.78 is 5.20. The number of ether oxygens (including phenoxy) is 1. The topological polar surface area (TPSA) is 41.6 Å². The van der Waals surface area contributed by atoms with Crippen LogP contribution in [0.15, 0.2) is 66.7 Å². The van der Waals surface area contributed by atoms with Crippen molar-refractivity contribution in [2.45, 2.75) is 26.3 Å². The number of hydrogen-bond donors (Lipinski definition) is 1. The number of hydrogen-bond acceptors (Lipinski definition) is 2. The first-order valence-electron chi connectivity index (χ1n) is 9.30. The smallest absolute Gasteiger partial charge is 0.322 e. The van der Waals surface area contributed by atoms with Gasteiger partial charge in [-0.1, -0.05) is 42.5 Å². The molecule has 0 aromatic heterocycles. The van der Waals surface area contributed by atoms with E-state index in [0.717, 1.165) is 28.6 Å². The summed E-state index contributed by atoms with van der Waals surface area (Å²) in [7, 11) is 1.66. The highest BCUT2D eigenvalue weighted by Crippen LogP contribution is 2.20. The van der Waals surface area contributed by atoms with Crippen LogP contribution in [-0.2, 0) is 6.42 Å². The molecule has 27 heavy (non-hydrogen) atoms. The van der Waals surface area contributed by atoms with Crippen LogP contribution in [0, 0.1) is 0 Å². The van der Waals surface area contributed by atoms with Gasteiger partial charge in [-0.15, -0.1) is 0 Å². The highest BCUT2D eigenvalue weighted by Gasteiger charge is 2.19. The predicted octanol–water partition coefficient (Wildman–Crippen LogP) is 5.33. The molecule has 1 atom stereocenters. The van der Waals surface area contributed by atoms with Gasteiger partial charge in [-0.3, -0.25) is 0 Å². The van der Waals surface area contributed by atoms with Crippen LogP contribution < -0.4 is 10.1 Å². The van der Waals surface area contributed by atoms with E-state index in [-0.39, 0.29) is 12.1 Å². The second-order valence-corrected chi connectivity index (χ2v) is 6.68. The van der Waals surface area contributed by atoms with Gasteiger partial charge in [0.2, 0.25) is 0 Å². The molecule has 4 nitrogen and oxygen atoms in total. The molecule has 4 heteroatoms. The molecule has 0 aliphatic heterocycles. The van der Waals surface area contributed by atoms with Gasteiger partial charge in [-0.05, 0) is 60.9 Å². The van der Waals surface area contributed by atoms with Crippen molar-refractivity contribution >= 4 is 22.5 Å². The van der Waals surface area contributed by atoms with Crippen LogP contribution in [0.25, 0.3) is 10.8 Å². The fraction of sp³-hybridized carbons (Fsp3) is 0.261. The van der Waals surface area contributed by atoms with Crippen molar-refractivity contribution in [2.24, 2.45) is 0 Å². The molecule has 1 unspecified atom stereocenters. The van der Waals surface area contributed by atoms with Crippen LogP contribution in [0.2, 0.25) is 0 Å². The Kier molecular flexibility index (Phi) is 5.97. The quantitative estimate of drug-likeness (QED) is 0.644. The lowest BCUT2D eigenvalue weighted by Gasteiger charge is -2.28. The van der Waals surface area contributed by atoms with Crippen molar-refractivity contribution in [3.63, 3.8) is 0 Å². The number of benzene rings is 3. The van der Waals surface area contributed by atoms with E-state index in [1.807, 2.05) is 66.4 Å². The van der Waals surface area contributed by atoms with Crippen LogP contribution in [0.5, 0.6) is 5.75 Å². The van der Waals surface area contributed by atoms with E-state index in [2.05, 4.69) is 24.4 Å². The number of likely N-dealkylation sites (N-methyl/N-ethyl adjacent to an activating group) is 1. The Bertz CT molecular complexity index is 906. The summed E-state index contributed by atoms with van der Waals surface area (Å²) in [6, 6.07) is 22.1. The monoisotopic (exact) mass is 362 g/mol. The number of urea groups is 1. The third-order valence-corrected chi connectivity index (χ3v) is 4.82. The van der Waals surface area contributed by atoms with Crippen molar-refractivity contribution in [1.82, 2.24) is 4.90 Å². The molecular formula is C23H26N2O2. The Morgan fingerprint density at radius 3 is 2.41 bits per heavy atom. The minimum Gasteiger partial charge on any atom is -0.497 e. The largest absolute Gasteiger partial charge is 0.497 e. The molecule has 0 spiro atoms. The molecule has 0 saturated heterocycles. The number of amides is 2. The van der Waals surface area contributed by atoms with E-state index in [0.29, 0.717) is 6.54 Å². The molecule has 0 aliphatic rings. The maximum Gasteiger partial charge on any atom is 0.322 e. The second kappa shape index (κ2) is 8.58. The van der Waals surface area contributed by atoms with Crippen molar-refractivity contribution in [2.75, 3.05) is 19.0 Å². The van der Waals surface area contributed by atoms with Gasteiger partial charge in [0, 0.05) is 18.3 Å². The van der Waals surface area contributed by atoms with Crippen LogP contribution in [0.1, 0.15) is 19.4 Å². The normalized spacial score (nSPS) is 11.8. The summed E-state index contributed by atoms with van der Waals surface area (Å²) in [6.07, 6.45) is 0.795. The molecule has 3 rings (SSSR count). The standard InChI is InChI=1S/C23H26N2O2/c1-4-25(17(2)15-18-9-13-22(27-3)14-10-18)23(26)24-21-12-11-19-7-5-6-8-20(19)16-21/h5-14,16-17H,4,15H2,1-3H3,(H,24,26). The molecule has 140 valence electrons. The molecule has 0 bridgehead atoms. The zero-order valence-corrected chi connectivity index (χ0v) is 16.1. The minimum absolute atomic E-state index is 0.0752. The number of fused-ring (bicyclic) bond motifs is 1. The minimum atomic E-state index is -0.0752. The van der Waals surface area contributed by atoms with Crippen LogP contribution in [0.3, 0.4) is 0 Å². The molecule has 0 saturated carbocycles. The number of carbonyl (C=O) groups excluding carboxylic acids is 1. The average Bonchev–Trinajstić information content (AvgIpc) is 2.69. The third kappa shape index (κ3) is 4.59. The molecule has 1 N–H and O–H groups in total. The van der Waals surface area contributed by atoms with Crippen molar-refractivity contribution in [1.29, 1.82) is 0 Å². The van der Waals surface area contributed by atoms with E-state index < -0.39 is 0 Å². The highest BCUT2D eigenvalue weighted by molar-refractivity contribution is 5.93. The number of methoxy groups -OCH3 is 1. The average molecular weight is 362 g/mol. The number of anilines is 1. The maximum atomic E-state index is 12.8. The fourth-order valence-corrected chi connectivity index (χ4v) is 3.33. The zero-order valence-electron chi connectivity index (χ0n) is 16.1. The molecule has 3 aromatic carbocycles. The third-order valence-electron chi connectivity index (χ3n) is 4.82. The van der Waals surface area contributed by atoms with Crippen LogP contribution in [0.4, 0.5) is 10.5 Å². The zero-order chi connectivity index (χ0) is 19.2. The molecule has 0 heterocycles. The van der Waals surface area contributed by atoms with E-state index in [1.54, 1.807) is 7.11 Å². The molecule has 3 aromatic rings. The summed E-state index contributed by atoms with van der Waals surface area (Å²) in [5.41, 5.74) is 1.99. The van der Waals surface area contributed by atoms with Gasteiger partial charge < -0.3 is 15.0 Å². The van der Waals surface area contributed by atoms with E-state index in [1.165, 1.54) is 5.56 Å². The lowest BCUT2D eigenvalue weighted by Crippen LogP contribution is -2.42. The lowest BCUT2D eigenvalue weighted by atomic mass is 10.1. The first kappa shape index (κ1) is 18.8. The Balaban J connectivity index is 1.68. The fourth-order valence-electron chi connectivity index (χ4n) is 3.33. The summed E-state index contributed by atoms with van der Waals surface area (Å²) in [6.45, 7) is 4.73. The Morgan fingerprint density at radius 2 is 1.74 bits per heavy atom. The van der Waals surface area contributed by atoms with E-state index >= 15 is 0 Å². The number of nitrogens with zero attached hydrogens (tertiary/aromatic N) is 1. The Hall–Kier alpha value is -3.01. The SMILES string of the molecule is CCN(C(=O)Nc1ccc2ccccc2c1)C(C)Cc1ccc(OC)cc1. The summed E-state index contributed by atoms with van der Waals surface area (Å²) >= 11 is 0.